The van der Waals surface area contributed by atoms with Gasteiger partial charge in [0.05, 0.1) is 5.39 Å². The molecule has 6 heteroatoms. The normalized spacial score (nSPS) is 11.3. The van der Waals surface area contributed by atoms with Crippen LogP contribution in [0.25, 0.3) is 10.2 Å². The first-order valence-electron chi connectivity index (χ1n) is 7.55. The number of hydrogen-bond donors (Lipinski definition) is 1. The fraction of sp³-hybridized carbons (Fsp3) is 0.600. The van der Waals surface area contributed by atoms with Gasteiger partial charge in [0.15, 0.2) is 0 Å². The van der Waals surface area contributed by atoms with Gasteiger partial charge in [0, 0.05) is 18.0 Å². The molecule has 2 rings (SSSR count). The Labute approximate surface area is 130 Å². The predicted molar refractivity (Wildman–Crippen MR) is 89.6 cm³/mol. The van der Waals surface area contributed by atoms with Gasteiger partial charge < -0.3 is 15.0 Å². The van der Waals surface area contributed by atoms with Gasteiger partial charge in [-0.25, -0.2) is 4.98 Å². The Morgan fingerprint density at radius 1 is 1.24 bits per heavy atom. The highest BCUT2D eigenvalue weighted by atomic mass is 32.1. The van der Waals surface area contributed by atoms with Crippen LogP contribution in [0.2, 0.25) is 0 Å². The molecule has 0 aliphatic carbocycles. The minimum Gasteiger partial charge on any atom is -0.476 e. The van der Waals surface area contributed by atoms with E-state index in [0.29, 0.717) is 18.4 Å². The van der Waals surface area contributed by atoms with Crippen LogP contribution in [0.4, 0.5) is 5.95 Å². The molecular weight excluding hydrogens is 284 g/mol. The summed E-state index contributed by atoms with van der Waals surface area (Å²) in [4.78, 5) is 13.6. The fourth-order valence-electron chi connectivity index (χ4n) is 2.17. The second-order valence-electron chi connectivity index (χ2n) is 4.83. The third kappa shape index (κ3) is 4.04. The topological polar surface area (TPSA) is 50.3 Å². The first-order valence-corrected chi connectivity index (χ1v) is 8.36. The maximum Gasteiger partial charge on any atom is 0.227 e. The molecule has 1 N–H and O–H groups in total. The van der Waals surface area contributed by atoms with E-state index in [4.69, 9.17) is 4.74 Å². The van der Waals surface area contributed by atoms with Crippen molar-refractivity contribution in [2.75, 3.05) is 38.1 Å². The Hall–Kier alpha value is -1.40. The Kier molecular flexibility index (Phi) is 5.76. The largest absolute Gasteiger partial charge is 0.476 e. The van der Waals surface area contributed by atoms with E-state index in [2.05, 4.69) is 47.0 Å². The van der Waals surface area contributed by atoms with E-state index >= 15 is 0 Å². The zero-order chi connectivity index (χ0) is 15.2. The highest BCUT2D eigenvalue weighted by molar-refractivity contribution is 7.18. The van der Waals surface area contributed by atoms with Gasteiger partial charge in [0.25, 0.3) is 0 Å². The van der Waals surface area contributed by atoms with E-state index in [1.165, 1.54) is 4.88 Å². The van der Waals surface area contributed by atoms with Crippen LogP contribution in [0.5, 0.6) is 5.88 Å². The zero-order valence-corrected chi connectivity index (χ0v) is 14.1. The molecule has 0 saturated heterocycles. The number of fused-ring (bicyclic) bond motifs is 1. The number of aryl methyl sites for hydroxylation is 1. The summed E-state index contributed by atoms with van der Waals surface area (Å²) in [7, 11) is 0. The lowest BCUT2D eigenvalue weighted by atomic mass is 10.3. The van der Waals surface area contributed by atoms with Crippen molar-refractivity contribution in [3.05, 3.63) is 10.9 Å². The summed E-state index contributed by atoms with van der Waals surface area (Å²) in [6.45, 7) is 12.9. The van der Waals surface area contributed by atoms with Crippen LogP contribution in [0.3, 0.4) is 0 Å². The number of hydrogen-bond acceptors (Lipinski definition) is 6. The average Bonchev–Trinajstić information content (AvgIpc) is 2.84. The zero-order valence-electron chi connectivity index (χ0n) is 13.3. The molecule has 0 atom stereocenters. The minimum absolute atomic E-state index is 0.643. The second kappa shape index (κ2) is 7.56. The van der Waals surface area contributed by atoms with Gasteiger partial charge in [-0.3, -0.25) is 0 Å². The molecule has 2 aromatic rings. The molecule has 0 aliphatic heterocycles. The van der Waals surface area contributed by atoms with Crippen molar-refractivity contribution >= 4 is 27.5 Å². The summed E-state index contributed by atoms with van der Waals surface area (Å²) >= 11 is 1.67. The molecule has 2 heterocycles. The number of nitrogens with one attached hydrogen (secondary N) is 1. The SMILES string of the molecule is CCNc1nc(OCCN(CC)CC)c2cc(C)sc2n1. The highest BCUT2D eigenvalue weighted by Crippen LogP contribution is 2.30. The molecule has 0 unspecified atom stereocenters. The lowest BCUT2D eigenvalue weighted by Gasteiger charge is -2.18. The van der Waals surface area contributed by atoms with Crippen molar-refractivity contribution in [3.8, 4) is 5.88 Å². The first kappa shape index (κ1) is 16.0. The van der Waals surface area contributed by atoms with Crippen LogP contribution in [0.1, 0.15) is 25.6 Å². The van der Waals surface area contributed by atoms with Gasteiger partial charge in [-0.2, -0.15) is 4.98 Å². The number of aromatic nitrogens is 2. The van der Waals surface area contributed by atoms with Gasteiger partial charge in [-0.1, -0.05) is 13.8 Å². The molecule has 0 aliphatic rings. The number of likely N-dealkylation sites (N-methyl/N-ethyl adjacent to an activating group) is 1. The van der Waals surface area contributed by atoms with Crippen LogP contribution in [0, 0.1) is 6.92 Å². The maximum atomic E-state index is 5.93. The van der Waals surface area contributed by atoms with Crippen molar-refractivity contribution in [2.24, 2.45) is 0 Å². The lowest BCUT2D eigenvalue weighted by molar-refractivity contribution is 0.219. The smallest absolute Gasteiger partial charge is 0.227 e. The predicted octanol–water partition coefficient (Wildman–Crippen LogP) is 3.15. The fourth-order valence-corrected chi connectivity index (χ4v) is 3.04. The number of thiophene rings is 1. The number of ether oxygens (including phenoxy) is 1. The van der Waals surface area contributed by atoms with E-state index in [-0.39, 0.29) is 0 Å². The Morgan fingerprint density at radius 2 is 2.00 bits per heavy atom. The Morgan fingerprint density at radius 3 is 2.67 bits per heavy atom. The molecule has 21 heavy (non-hydrogen) atoms. The van der Waals surface area contributed by atoms with Crippen LogP contribution in [-0.2, 0) is 0 Å². The molecule has 0 amide bonds. The molecule has 2 aromatic heterocycles. The van der Waals surface area contributed by atoms with E-state index < -0.39 is 0 Å². The molecule has 0 aromatic carbocycles. The quantitative estimate of drug-likeness (QED) is 0.812. The average molecular weight is 308 g/mol. The monoisotopic (exact) mass is 308 g/mol. The maximum absolute atomic E-state index is 5.93. The van der Waals surface area contributed by atoms with Gasteiger partial charge in [0.1, 0.15) is 11.4 Å². The second-order valence-corrected chi connectivity index (χ2v) is 6.07. The lowest BCUT2D eigenvalue weighted by Crippen LogP contribution is -2.28. The highest BCUT2D eigenvalue weighted by Gasteiger charge is 2.12. The van der Waals surface area contributed by atoms with Crippen LogP contribution >= 0.6 is 11.3 Å². The molecule has 0 radical (unpaired) electrons. The van der Waals surface area contributed by atoms with Crippen LogP contribution in [-0.4, -0.2) is 47.7 Å². The van der Waals surface area contributed by atoms with Gasteiger partial charge in [0.2, 0.25) is 11.8 Å². The standard InChI is InChI=1S/C15H24N4OS/c1-5-16-15-17-13(20-9-8-19(6-2)7-3)12-10-11(4)21-14(12)18-15/h10H,5-9H2,1-4H3,(H,16,17,18). The van der Waals surface area contributed by atoms with E-state index in [1.54, 1.807) is 11.3 Å². The summed E-state index contributed by atoms with van der Waals surface area (Å²) in [5.41, 5.74) is 0. The third-order valence-electron chi connectivity index (χ3n) is 3.36. The van der Waals surface area contributed by atoms with E-state index in [9.17, 15) is 0 Å². The van der Waals surface area contributed by atoms with Crippen molar-refractivity contribution in [2.45, 2.75) is 27.7 Å². The third-order valence-corrected chi connectivity index (χ3v) is 4.30. The van der Waals surface area contributed by atoms with E-state index in [0.717, 1.165) is 36.4 Å². The number of nitrogens with zero attached hydrogens (tertiary/aromatic N) is 3. The summed E-state index contributed by atoms with van der Waals surface area (Å²) < 4.78 is 5.93. The van der Waals surface area contributed by atoms with Gasteiger partial charge >= 0.3 is 0 Å². The Balaban J connectivity index is 2.16. The molecule has 0 bridgehead atoms. The molecule has 5 nitrogen and oxygen atoms in total. The van der Waals surface area contributed by atoms with Crippen molar-refractivity contribution in [1.29, 1.82) is 0 Å². The van der Waals surface area contributed by atoms with Crippen molar-refractivity contribution < 1.29 is 4.74 Å². The summed E-state index contributed by atoms with van der Waals surface area (Å²) in [6.07, 6.45) is 0. The van der Waals surface area contributed by atoms with Crippen molar-refractivity contribution in [1.82, 2.24) is 14.9 Å². The summed E-state index contributed by atoms with van der Waals surface area (Å²) in [5, 5.41) is 4.18. The van der Waals surface area contributed by atoms with Crippen LogP contribution < -0.4 is 10.1 Å². The molecule has 0 fully saturated rings. The molecule has 0 saturated carbocycles. The Bertz CT molecular complexity index is 580. The van der Waals surface area contributed by atoms with E-state index in [1.807, 2.05) is 6.92 Å². The number of anilines is 1. The molecule has 0 spiro atoms. The van der Waals surface area contributed by atoms with Gasteiger partial charge in [-0.05, 0) is 33.0 Å². The van der Waals surface area contributed by atoms with Crippen molar-refractivity contribution in [3.63, 3.8) is 0 Å². The molecular formula is C15H24N4OS. The molecule has 116 valence electrons. The first-order chi connectivity index (χ1) is 10.2. The summed E-state index contributed by atoms with van der Waals surface area (Å²) in [5.74, 6) is 1.33. The summed E-state index contributed by atoms with van der Waals surface area (Å²) in [6, 6.07) is 2.10. The van der Waals surface area contributed by atoms with Gasteiger partial charge in [-0.15, -0.1) is 11.3 Å². The minimum atomic E-state index is 0.643. The number of rotatable bonds is 8. The van der Waals surface area contributed by atoms with Crippen LogP contribution in [0.15, 0.2) is 6.07 Å².